The topological polar surface area (TPSA) is 95.8 Å². The van der Waals surface area contributed by atoms with E-state index < -0.39 is 37.3 Å². The normalized spacial score (nSPS) is 26.7. The van der Waals surface area contributed by atoms with Crippen LogP contribution >= 0.6 is 15.9 Å². The number of nitrogens with zero attached hydrogens (tertiary/aromatic N) is 1. The van der Waals surface area contributed by atoms with Gasteiger partial charge in [0.2, 0.25) is 0 Å². The van der Waals surface area contributed by atoms with Crippen molar-refractivity contribution >= 4 is 37.7 Å². The molecular weight excluding hydrogens is 427 g/mol. The molecule has 0 fully saturated rings. The molecule has 1 heterocycles. The first-order valence-electron chi connectivity index (χ1n) is 7.78. The number of amides is 1. The molecule has 1 aliphatic heterocycles. The monoisotopic (exact) mass is 446 g/mol. The fourth-order valence-corrected chi connectivity index (χ4v) is 5.75. The zero-order chi connectivity index (χ0) is 19.9. The third-order valence-corrected chi connectivity index (χ3v) is 8.22. The van der Waals surface area contributed by atoms with E-state index in [1.165, 1.54) is 45.0 Å². The molecule has 0 saturated carbocycles. The van der Waals surface area contributed by atoms with Gasteiger partial charge in [0.15, 0.2) is 9.84 Å². The molecule has 0 radical (unpaired) electrons. The van der Waals surface area contributed by atoms with Crippen LogP contribution in [0.15, 0.2) is 40.3 Å². The molecule has 1 aromatic carbocycles. The highest BCUT2D eigenvalue weighted by molar-refractivity contribution is 9.10. The number of nitrogens with one attached hydrogen (secondary N) is 1. The Morgan fingerprint density at radius 2 is 2.08 bits per heavy atom. The van der Waals surface area contributed by atoms with Crippen molar-refractivity contribution in [3.05, 3.63) is 46.7 Å². The lowest BCUT2D eigenvalue weighted by atomic mass is 9.86. The van der Waals surface area contributed by atoms with Crippen molar-refractivity contribution in [2.24, 2.45) is 4.99 Å². The average molecular weight is 447 g/mol. The molecule has 1 aliphatic rings. The standard InChI is InChI=1S/C17H20BrFN2O4S/c1-5-6-13-17(4,11-9-10(18)7-8-12(11)19)21-14(20-15(22)23)16(2,3)26(13,24)25/h5,7-9,13H,1,6H2,2-4H3,(H,20,21)(H,22,23)/t13-,17-/m1/s1. The average Bonchev–Trinajstić information content (AvgIpc) is 2.52. The van der Waals surface area contributed by atoms with Crippen LogP contribution in [0, 0.1) is 5.82 Å². The zero-order valence-electron chi connectivity index (χ0n) is 14.6. The Labute approximate surface area is 160 Å². The van der Waals surface area contributed by atoms with Gasteiger partial charge < -0.3 is 5.11 Å². The third kappa shape index (κ3) is 3.18. The number of benzene rings is 1. The number of amidine groups is 1. The molecule has 0 unspecified atom stereocenters. The van der Waals surface area contributed by atoms with E-state index in [1.54, 1.807) is 0 Å². The van der Waals surface area contributed by atoms with Gasteiger partial charge in [-0.2, -0.15) is 0 Å². The minimum absolute atomic E-state index is 0.0398. The van der Waals surface area contributed by atoms with E-state index in [2.05, 4.69) is 32.8 Å². The van der Waals surface area contributed by atoms with Crippen LogP contribution in [-0.4, -0.2) is 35.5 Å². The van der Waals surface area contributed by atoms with Gasteiger partial charge in [-0.05, 0) is 45.4 Å². The van der Waals surface area contributed by atoms with Crippen LogP contribution in [0.1, 0.15) is 32.8 Å². The number of halogens is 2. The van der Waals surface area contributed by atoms with E-state index in [4.69, 9.17) is 5.11 Å². The first-order valence-corrected chi connectivity index (χ1v) is 10.1. The second-order valence-electron chi connectivity index (χ2n) is 6.73. The molecule has 2 N–H and O–H groups in total. The van der Waals surface area contributed by atoms with Crippen LogP contribution in [0.5, 0.6) is 0 Å². The van der Waals surface area contributed by atoms with Crippen LogP contribution in [0.25, 0.3) is 0 Å². The summed E-state index contributed by atoms with van der Waals surface area (Å²) in [6.45, 7) is 7.86. The van der Waals surface area contributed by atoms with Crippen molar-refractivity contribution in [1.29, 1.82) is 0 Å². The molecule has 9 heteroatoms. The van der Waals surface area contributed by atoms with Gasteiger partial charge in [0.1, 0.15) is 21.9 Å². The van der Waals surface area contributed by atoms with Crippen LogP contribution in [-0.2, 0) is 15.4 Å². The summed E-state index contributed by atoms with van der Waals surface area (Å²) in [6, 6.07) is 4.16. The van der Waals surface area contributed by atoms with E-state index >= 15 is 0 Å². The highest BCUT2D eigenvalue weighted by atomic mass is 79.9. The molecule has 6 nitrogen and oxygen atoms in total. The van der Waals surface area contributed by atoms with Gasteiger partial charge in [-0.15, -0.1) is 6.58 Å². The van der Waals surface area contributed by atoms with Crippen molar-refractivity contribution in [3.63, 3.8) is 0 Å². The number of carboxylic acid groups (broad SMARTS) is 1. The highest BCUT2D eigenvalue weighted by Gasteiger charge is 2.57. The second kappa shape index (κ2) is 6.77. The summed E-state index contributed by atoms with van der Waals surface area (Å²) >= 11 is 3.26. The Morgan fingerprint density at radius 3 is 2.62 bits per heavy atom. The number of allylic oxidation sites excluding steroid dienone is 1. The Bertz CT molecular complexity index is 898. The van der Waals surface area contributed by atoms with E-state index in [-0.39, 0.29) is 17.8 Å². The Kier molecular flexibility index (Phi) is 5.36. The fourth-order valence-electron chi connectivity index (χ4n) is 3.14. The Balaban J connectivity index is 2.87. The van der Waals surface area contributed by atoms with Gasteiger partial charge in [0.05, 0.1) is 5.25 Å². The maximum Gasteiger partial charge on any atom is 0.410 e. The van der Waals surface area contributed by atoms with Gasteiger partial charge >= 0.3 is 6.09 Å². The molecule has 0 saturated heterocycles. The number of hydrogen-bond acceptors (Lipinski definition) is 4. The smallest absolute Gasteiger partial charge is 0.410 e. The minimum Gasteiger partial charge on any atom is -0.465 e. The number of sulfone groups is 1. The van der Waals surface area contributed by atoms with Crippen LogP contribution < -0.4 is 5.32 Å². The first kappa shape index (κ1) is 20.6. The number of carbonyl (C=O) groups is 1. The summed E-state index contributed by atoms with van der Waals surface area (Å²) in [5, 5.41) is 10.1. The van der Waals surface area contributed by atoms with E-state index in [1.807, 2.05) is 0 Å². The van der Waals surface area contributed by atoms with Gasteiger partial charge in [-0.3, -0.25) is 10.3 Å². The predicted octanol–water partition coefficient (Wildman–Crippen LogP) is 3.62. The van der Waals surface area contributed by atoms with Crippen molar-refractivity contribution < 1.29 is 22.7 Å². The SMILES string of the molecule is C=CC[C@@H]1[C@@](C)(c2cc(Br)ccc2F)N=C(NC(=O)O)C(C)(C)S1(=O)=O. The summed E-state index contributed by atoms with van der Waals surface area (Å²) in [7, 11) is -3.95. The molecule has 2 atom stereocenters. The van der Waals surface area contributed by atoms with Gasteiger partial charge in [0.25, 0.3) is 0 Å². The molecule has 142 valence electrons. The molecule has 26 heavy (non-hydrogen) atoms. The lowest BCUT2D eigenvalue weighted by Crippen LogP contribution is -2.61. The maximum atomic E-state index is 14.6. The lowest BCUT2D eigenvalue weighted by molar-refractivity contribution is 0.199. The molecular formula is C17H20BrFN2O4S. The van der Waals surface area contributed by atoms with Crippen molar-refractivity contribution in [1.82, 2.24) is 5.32 Å². The van der Waals surface area contributed by atoms with E-state index in [0.717, 1.165) is 0 Å². The summed E-state index contributed by atoms with van der Waals surface area (Å²) in [5.74, 6) is -0.870. The van der Waals surface area contributed by atoms with Crippen LogP contribution in [0.2, 0.25) is 0 Å². The van der Waals surface area contributed by atoms with E-state index in [0.29, 0.717) is 4.47 Å². The van der Waals surface area contributed by atoms with Crippen molar-refractivity contribution in [3.8, 4) is 0 Å². The molecule has 0 bridgehead atoms. The predicted molar refractivity (Wildman–Crippen MR) is 102 cm³/mol. The minimum atomic E-state index is -3.95. The quantitative estimate of drug-likeness (QED) is 0.692. The van der Waals surface area contributed by atoms with Crippen LogP contribution in [0.3, 0.4) is 0 Å². The number of rotatable bonds is 3. The zero-order valence-corrected chi connectivity index (χ0v) is 17.0. The molecule has 1 amide bonds. The van der Waals surface area contributed by atoms with Crippen LogP contribution in [0.4, 0.5) is 9.18 Å². The third-order valence-electron chi connectivity index (χ3n) is 4.71. The lowest BCUT2D eigenvalue weighted by Gasteiger charge is -2.44. The molecule has 0 aliphatic carbocycles. The van der Waals surface area contributed by atoms with E-state index in [9.17, 15) is 17.6 Å². The number of hydrogen-bond donors (Lipinski definition) is 2. The van der Waals surface area contributed by atoms with Gasteiger partial charge in [-0.1, -0.05) is 22.0 Å². The van der Waals surface area contributed by atoms with Crippen molar-refractivity contribution in [2.75, 3.05) is 0 Å². The largest absolute Gasteiger partial charge is 0.465 e. The second-order valence-corrected chi connectivity index (χ2v) is 10.3. The summed E-state index contributed by atoms with van der Waals surface area (Å²) in [5.41, 5.74) is -1.48. The van der Waals surface area contributed by atoms with Gasteiger partial charge in [-0.25, -0.2) is 17.6 Å². The number of aliphatic imine (C=N–C) groups is 1. The molecule has 2 rings (SSSR count). The Morgan fingerprint density at radius 1 is 1.46 bits per heavy atom. The molecule has 0 spiro atoms. The summed E-state index contributed by atoms with van der Waals surface area (Å²) in [4.78, 5) is 15.6. The van der Waals surface area contributed by atoms with Crippen molar-refractivity contribution in [2.45, 2.75) is 42.7 Å². The highest BCUT2D eigenvalue weighted by Crippen LogP contribution is 2.45. The molecule has 1 aromatic rings. The summed E-state index contributed by atoms with van der Waals surface area (Å²) in [6.07, 6.45) is 0.0431. The maximum absolute atomic E-state index is 14.6. The fraction of sp³-hybridized carbons (Fsp3) is 0.412. The Hall–Kier alpha value is -1.74. The van der Waals surface area contributed by atoms with Gasteiger partial charge in [0, 0.05) is 10.0 Å². The molecule has 0 aromatic heterocycles. The summed E-state index contributed by atoms with van der Waals surface area (Å²) < 4.78 is 40.2. The first-order chi connectivity index (χ1) is 11.9.